The third kappa shape index (κ3) is 3.10. The molecule has 20 heavy (non-hydrogen) atoms. The summed E-state index contributed by atoms with van der Waals surface area (Å²) in [7, 11) is 0. The molecule has 2 aromatic carbocycles. The number of nitrogens with zero attached hydrogens (tertiary/aromatic N) is 1. The van der Waals surface area contributed by atoms with Crippen molar-refractivity contribution in [2.24, 2.45) is 0 Å². The Bertz CT molecular complexity index is 674. The van der Waals surface area contributed by atoms with E-state index in [2.05, 4.69) is 5.32 Å². The van der Waals surface area contributed by atoms with Gasteiger partial charge >= 0.3 is 0 Å². The first kappa shape index (κ1) is 14.0. The van der Waals surface area contributed by atoms with Gasteiger partial charge in [0, 0.05) is 17.3 Å². The molecule has 0 aliphatic rings. The minimum atomic E-state index is -0.670. The molecule has 102 valence electrons. The van der Waals surface area contributed by atoms with Gasteiger partial charge in [-0.15, -0.1) is 0 Å². The van der Waals surface area contributed by atoms with Crippen molar-refractivity contribution < 1.29 is 14.1 Å². The number of anilines is 1. The molecule has 0 heterocycles. The third-order valence-corrected chi connectivity index (χ3v) is 2.83. The lowest BCUT2D eigenvalue weighted by atomic mass is 10.2. The van der Waals surface area contributed by atoms with Gasteiger partial charge in [0.1, 0.15) is 10.8 Å². The predicted octanol–water partition coefficient (Wildman–Crippen LogP) is 3.64. The maximum Gasteiger partial charge on any atom is 0.288 e. The van der Waals surface area contributed by atoms with E-state index in [1.165, 1.54) is 36.4 Å². The van der Waals surface area contributed by atoms with Gasteiger partial charge < -0.3 is 5.32 Å². The Balaban J connectivity index is 2.23. The molecular formula is C13H8ClFN2O3. The summed E-state index contributed by atoms with van der Waals surface area (Å²) in [4.78, 5) is 22.0. The minimum Gasteiger partial charge on any atom is -0.322 e. The van der Waals surface area contributed by atoms with E-state index < -0.39 is 16.6 Å². The van der Waals surface area contributed by atoms with Crippen LogP contribution in [0.5, 0.6) is 0 Å². The minimum absolute atomic E-state index is 0.0478. The number of nitro benzene ring substituents is 1. The summed E-state index contributed by atoms with van der Waals surface area (Å²) in [6.45, 7) is 0. The number of amides is 1. The summed E-state index contributed by atoms with van der Waals surface area (Å²) in [6.07, 6.45) is 0. The zero-order valence-electron chi connectivity index (χ0n) is 9.97. The number of rotatable bonds is 3. The number of carbonyl (C=O) groups excluding carboxylic acids is 1. The fourth-order valence-electron chi connectivity index (χ4n) is 1.53. The zero-order valence-corrected chi connectivity index (χ0v) is 10.7. The Morgan fingerprint density at radius 1 is 1.20 bits per heavy atom. The van der Waals surface area contributed by atoms with Crippen LogP contribution in [0.1, 0.15) is 10.4 Å². The van der Waals surface area contributed by atoms with Crippen molar-refractivity contribution in [3.63, 3.8) is 0 Å². The van der Waals surface area contributed by atoms with Gasteiger partial charge in [-0.3, -0.25) is 14.9 Å². The highest BCUT2D eigenvalue weighted by molar-refractivity contribution is 6.32. The highest BCUT2D eigenvalue weighted by atomic mass is 35.5. The molecule has 0 aliphatic carbocycles. The molecule has 0 aromatic heterocycles. The molecule has 0 unspecified atom stereocenters. The summed E-state index contributed by atoms with van der Waals surface area (Å²) in [5.74, 6) is -0.971. The Morgan fingerprint density at radius 3 is 2.45 bits per heavy atom. The lowest BCUT2D eigenvalue weighted by Gasteiger charge is -2.05. The van der Waals surface area contributed by atoms with Gasteiger partial charge in [-0.2, -0.15) is 0 Å². The molecule has 0 fully saturated rings. The van der Waals surface area contributed by atoms with Crippen LogP contribution >= 0.6 is 11.6 Å². The van der Waals surface area contributed by atoms with Crippen molar-refractivity contribution in [3.05, 3.63) is 69.0 Å². The topological polar surface area (TPSA) is 72.2 Å². The Kier molecular flexibility index (Phi) is 3.95. The number of benzene rings is 2. The third-order valence-electron chi connectivity index (χ3n) is 2.51. The van der Waals surface area contributed by atoms with Gasteiger partial charge in [0.25, 0.3) is 11.6 Å². The molecule has 0 spiro atoms. The van der Waals surface area contributed by atoms with E-state index in [9.17, 15) is 19.3 Å². The number of hydrogen-bond acceptors (Lipinski definition) is 3. The molecule has 2 aromatic rings. The van der Waals surface area contributed by atoms with Gasteiger partial charge in [-0.05, 0) is 36.4 Å². The molecule has 0 saturated carbocycles. The molecule has 1 N–H and O–H groups in total. The standard InChI is InChI=1S/C13H8ClFN2O3/c14-11-6-1-8(7-12(11)17(19)20)13(18)16-10-4-2-9(15)3-5-10/h1-7H,(H,16,18). The van der Waals surface area contributed by atoms with Gasteiger partial charge in [-0.25, -0.2) is 4.39 Å². The number of halogens is 2. The zero-order chi connectivity index (χ0) is 14.7. The summed E-state index contributed by atoms with van der Waals surface area (Å²) >= 11 is 5.66. The van der Waals surface area contributed by atoms with Gasteiger partial charge in [0.2, 0.25) is 0 Å². The molecule has 0 saturated heterocycles. The van der Waals surface area contributed by atoms with Gasteiger partial charge in [0.15, 0.2) is 0 Å². The summed E-state index contributed by atoms with van der Waals surface area (Å²) in [6, 6.07) is 8.89. The van der Waals surface area contributed by atoms with Crippen LogP contribution in [0, 0.1) is 15.9 Å². The second kappa shape index (κ2) is 5.66. The Labute approximate surface area is 118 Å². The number of nitrogens with one attached hydrogen (secondary N) is 1. The van der Waals surface area contributed by atoms with Crippen LogP contribution in [0.25, 0.3) is 0 Å². The average molecular weight is 295 g/mol. The number of carbonyl (C=O) groups is 1. The maximum absolute atomic E-state index is 12.7. The van der Waals surface area contributed by atoms with Crippen LogP contribution in [0.15, 0.2) is 42.5 Å². The van der Waals surface area contributed by atoms with E-state index in [1.807, 2.05) is 0 Å². The fraction of sp³-hybridized carbons (Fsp3) is 0. The quantitative estimate of drug-likeness (QED) is 0.694. The number of hydrogen-bond donors (Lipinski definition) is 1. The van der Waals surface area contributed by atoms with Gasteiger partial charge in [0.05, 0.1) is 4.92 Å². The van der Waals surface area contributed by atoms with Crippen molar-refractivity contribution >= 4 is 28.9 Å². The molecule has 0 radical (unpaired) electrons. The monoisotopic (exact) mass is 294 g/mol. The molecule has 2 rings (SSSR count). The van der Waals surface area contributed by atoms with Crippen LogP contribution in [0.4, 0.5) is 15.8 Å². The molecular weight excluding hydrogens is 287 g/mol. The van der Waals surface area contributed by atoms with Gasteiger partial charge in [-0.1, -0.05) is 11.6 Å². The van der Waals surface area contributed by atoms with E-state index >= 15 is 0 Å². The number of nitro groups is 1. The SMILES string of the molecule is O=C(Nc1ccc(F)cc1)c1ccc(Cl)c([N+](=O)[O-])c1. The second-order valence-corrected chi connectivity index (χ2v) is 4.29. The highest BCUT2D eigenvalue weighted by Crippen LogP contribution is 2.25. The van der Waals surface area contributed by atoms with Crippen molar-refractivity contribution in [1.29, 1.82) is 0 Å². The molecule has 0 aliphatic heterocycles. The Hall–Kier alpha value is -2.47. The van der Waals surface area contributed by atoms with Crippen LogP contribution in [-0.4, -0.2) is 10.8 Å². The fourth-order valence-corrected chi connectivity index (χ4v) is 1.72. The second-order valence-electron chi connectivity index (χ2n) is 3.88. The summed E-state index contributed by atoms with van der Waals surface area (Å²) < 4.78 is 12.7. The van der Waals surface area contributed by atoms with Crippen molar-refractivity contribution in [3.8, 4) is 0 Å². The first-order valence-corrected chi connectivity index (χ1v) is 5.86. The van der Waals surface area contributed by atoms with E-state index in [4.69, 9.17) is 11.6 Å². The van der Waals surface area contributed by atoms with E-state index in [0.29, 0.717) is 5.69 Å². The normalized spacial score (nSPS) is 10.1. The average Bonchev–Trinajstić information content (AvgIpc) is 2.41. The van der Waals surface area contributed by atoms with E-state index in [0.717, 1.165) is 6.07 Å². The Morgan fingerprint density at radius 2 is 1.85 bits per heavy atom. The first-order valence-electron chi connectivity index (χ1n) is 5.48. The summed E-state index contributed by atoms with van der Waals surface area (Å²) in [5, 5.41) is 13.2. The molecule has 7 heteroatoms. The van der Waals surface area contributed by atoms with Crippen molar-refractivity contribution in [1.82, 2.24) is 0 Å². The van der Waals surface area contributed by atoms with Crippen molar-refractivity contribution in [2.45, 2.75) is 0 Å². The molecule has 1 amide bonds. The maximum atomic E-state index is 12.7. The lowest BCUT2D eigenvalue weighted by Crippen LogP contribution is -2.12. The van der Waals surface area contributed by atoms with E-state index in [1.54, 1.807) is 0 Å². The lowest BCUT2D eigenvalue weighted by molar-refractivity contribution is -0.384. The molecule has 5 nitrogen and oxygen atoms in total. The summed E-state index contributed by atoms with van der Waals surface area (Å²) in [5.41, 5.74) is 0.123. The first-order chi connectivity index (χ1) is 9.47. The molecule has 0 bridgehead atoms. The van der Waals surface area contributed by atoms with Crippen LogP contribution in [-0.2, 0) is 0 Å². The predicted molar refractivity (Wildman–Crippen MR) is 72.5 cm³/mol. The highest BCUT2D eigenvalue weighted by Gasteiger charge is 2.16. The van der Waals surface area contributed by atoms with E-state index in [-0.39, 0.29) is 16.3 Å². The van der Waals surface area contributed by atoms with Crippen LogP contribution in [0.2, 0.25) is 5.02 Å². The molecule has 0 atom stereocenters. The van der Waals surface area contributed by atoms with Crippen LogP contribution < -0.4 is 5.32 Å². The van der Waals surface area contributed by atoms with Crippen LogP contribution in [0.3, 0.4) is 0 Å². The smallest absolute Gasteiger partial charge is 0.288 e. The largest absolute Gasteiger partial charge is 0.322 e. The van der Waals surface area contributed by atoms with Crippen molar-refractivity contribution in [2.75, 3.05) is 5.32 Å².